The number of thiophene rings is 1. The van der Waals surface area contributed by atoms with Crippen LogP contribution in [0.4, 0.5) is 5.69 Å². The second kappa shape index (κ2) is 6.92. The molecule has 0 aliphatic heterocycles. The SMILES string of the molecule is COc1ccc(-c2nnc(C)o2)cc1NC(=O)c1scc2c1CCCC2. The molecule has 2 aromatic heterocycles. The zero-order chi connectivity index (χ0) is 18.1. The Kier molecular flexibility index (Phi) is 4.46. The minimum atomic E-state index is -0.102. The van der Waals surface area contributed by atoms with E-state index in [1.54, 1.807) is 26.2 Å². The first-order chi connectivity index (χ1) is 12.7. The highest BCUT2D eigenvalue weighted by atomic mass is 32.1. The average Bonchev–Trinajstić information content (AvgIpc) is 3.28. The maximum absolute atomic E-state index is 12.9. The van der Waals surface area contributed by atoms with E-state index in [2.05, 4.69) is 20.9 Å². The third-order valence-corrected chi connectivity index (χ3v) is 5.60. The van der Waals surface area contributed by atoms with Gasteiger partial charge < -0.3 is 14.5 Å². The number of carbonyl (C=O) groups is 1. The van der Waals surface area contributed by atoms with Crippen molar-refractivity contribution in [1.29, 1.82) is 0 Å². The highest BCUT2D eigenvalue weighted by Crippen LogP contribution is 2.33. The number of methoxy groups -OCH3 is 1. The van der Waals surface area contributed by atoms with Crippen molar-refractivity contribution in [2.24, 2.45) is 0 Å². The largest absolute Gasteiger partial charge is 0.495 e. The molecule has 0 saturated carbocycles. The number of ether oxygens (including phenoxy) is 1. The monoisotopic (exact) mass is 369 g/mol. The molecule has 0 fully saturated rings. The van der Waals surface area contributed by atoms with Crippen molar-refractivity contribution in [3.05, 3.63) is 45.5 Å². The molecule has 1 aromatic carbocycles. The predicted octanol–water partition coefficient (Wildman–Crippen LogP) is 4.25. The van der Waals surface area contributed by atoms with Crippen molar-refractivity contribution in [3.63, 3.8) is 0 Å². The number of rotatable bonds is 4. The van der Waals surface area contributed by atoms with Gasteiger partial charge >= 0.3 is 0 Å². The molecule has 1 aliphatic carbocycles. The van der Waals surface area contributed by atoms with Gasteiger partial charge in [-0.25, -0.2) is 0 Å². The van der Waals surface area contributed by atoms with Crippen molar-refractivity contribution < 1.29 is 13.9 Å². The summed E-state index contributed by atoms with van der Waals surface area (Å²) >= 11 is 1.52. The lowest BCUT2D eigenvalue weighted by Crippen LogP contribution is -2.14. The fourth-order valence-electron chi connectivity index (χ4n) is 3.24. The molecule has 0 radical (unpaired) electrons. The van der Waals surface area contributed by atoms with Crippen molar-refractivity contribution in [3.8, 4) is 17.2 Å². The number of nitrogens with zero attached hydrogens (tertiary/aromatic N) is 2. The molecule has 0 spiro atoms. The first-order valence-electron chi connectivity index (χ1n) is 8.55. The number of hydrogen-bond donors (Lipinski definition) is 1. The minimum absolute atomic E-state index is 0.102. The van der Waals surface area contributed by atoms with Gasteiger partial charge in [0.2, 0.25) is 11.8 Å². The summed E-state index contributed by atoms with van der Waals surface area (Å²) in [4.78, 5) is 13.7. The van der Waals surface area contributed by atoms with E-state index < -0.39 is 0 Å². The Morgan fingerprint density at radius 2 is 2.12 bits per heavy atom. The molecule has 1 amide bonds. The number of nitrogens with one attached hydrogen (secondary N) is 1. The molecule has 0 saturated heterocycles. The van der Waals surface area contributed by atoms with Crippen LogP contribution in [0.2, 0.25) is 0 Å². The Morgan fingerprint density at radius 1 is 1.27 bits per heavy atom. The summed E-state index contributed by atoms with van der Waals surface area (Å²) in [6, 6.07) is 5.41. The number of anilines is 1. The molecule has 2 heterocycles. The minimum Gasteiger partial charge on any atom is -0.495 e. The van der Waals surface area contributed by atoms with E-state index in [0.717, 1.165) is 29.7 Å². The van der Waals surface area contributed by atoms with E-state index in [0.29, 0.717) is 23.2 Å². The molecule has 6 nitrogen and oxygen atoms in total. The van der Waals surface area contributed by atoms with Crippen LogP contribution < -0.4 is 10.1 Å². The molecular weight excluding hydrogens is 350 g/mol. The van der Waals surface area contributed by atoms with Crippen molar-refractivity contribution in [1.82, 2.24) is 10.2 Å². The summed E-state index contributed by atoms with van der Waals surface area (Å²) < 4.78 is 10.9. The maximum Gasteiger partial charge on any atom is 0.266 e. The summed E-state index contributed by atoms with van der Waals surface area (Å²) in [7, 11) is 1.58. The van der Waals surface area contributed by atoms with Gasteiger partial charge in [0.1, 0.15) is 5.75 Å². The Balaban J connectivity index is 1.64. The fourth-order valence-corrected chi connectivity index (χ4v) is 4.29. The van der Waals surface area contributed by atoms with Gasteiger partial charge in [-0.15, -0.1) is 21.5 Å². The second-order valence-corrected chi connectivity index (χ2v) is 7.15. The van der Waals surface area contributed by atoms with Gasteiger partial charge in [0, 0.05) is 12.5 Å². The molecule has 3 aromatic rings. The highest BCUT2D eigenvalue weighted by molar-refractivity contribution is 7.12. The van der Waals surface area contributed by atoms with E-state index in [1.807, 2.05) is 6.07 Å². The lowest BCUT2D eigenvalue weighted by Gasteiger charge is -2.14. The van der Waals surface area contributed by atoms with E-state index in [1.165, 1.54) is 28.9 Å². The normalized spacial score (nSPS) is 13.3. The highest BCUT2D eigenvalue weighted by Gasteiger charge is 2.21. The van der Waals surface area contributed by atoms with Crippen LogP contribution in [0.25, 0.3) is 11.5 Å². The van der Waals surface area contributed by atoms with Gasteiger partial charge in [0.05, 0.1) is 17.7 Å². The summed E-state index contributed by atoms with van der Waals surface area (Å²) in [5.41, 5.74) is 3.83. The molecule has 0 atom stereocenters. The fraction of sp³-hybridized carbons (Fsp3) is 0.316. The predicted molar refractivity (Wildman–Crippen MR) is 99.9 cm³/mol. The van der Waals surface area contributed by atoms with Crippen molar-refractivity contribution in [2.75, 3.05) is 12.4 Å². The first-order valence-corrected chi connectivity index (χ1v) is 9.43. The molecule has 26 heavy (non-hydrogen) atoms. The lowest BCUT2D eigenvalue weighted by atomic mass is 9.94. The number of benzene rings is 1. The average molecular weight is 369 g/mol. The van der Waals surface area contributed by atoms with Crippen LogP contribution >= 0.6 is 11.3 Å². The topological polar surface area (TPSA) is 77.2 Å². The lowest BCUT2D eigenvalue weighted by molar-refractivity contribution is 0.102. The third-order valence-electron chi connectivity index (χ3n) is 4.53. The summed E-state index contributed by atoms with van der Waals surface area (Å²) in [5, 5.41) is 13.0. The second-order valence-electron chi connectivity index (χ2n) is 6.27. The van der Waals surface area contributed by atoms with Gasteiger partial charge in [-0.05, 0) is 60.4 Å². The van der Waals surface area contributed by atoms with Gasteiger partial charge in [-0.2, -0.15) is 0 Å². The molecule has 134 valence electrons. The Hall–Kier alpha value is -2.67. The maximum atomic E-state index is 12.9. The van der Waals surface area contributed by atoms with E-state index in [4.69, 9.17) is 9.15 Å². The van der Waals surface area contributed by atoms with E-state index in [-0.39, 0.29) is 5.91 Å². The standard InChI is InChI=1S/C19H19N3O3S/c1-11-21-22-19(25-11)12-7-8-16(24-2)15(9-12)20-18(23)17-14-6-4-3-5-13(14)10-26-17/h7-10H,3-6H2,1-2H3,(H,20,23). The first kappa shape index (κ1) is 16.8. The smallest absolute Gasteiger partial charge is 0.266 e. The van der Waals surface area contributed by atoms with Crippen LogP contribution in [0.5, 0.6) is 5.75 Å². The van der Waals surface area contributed by atoms with Crippen LogP contribution in [0, 0.1) is 6.92 Å². The summed E-state index contributed by atoms with van der Waals surface area (Å²) in [6.45, 7) is 1.74. The van der Waals surface area contributed by atoms with Crippen LogP contribution in [0.1, 0.15) is 39.5 Å². The van der Waals surface area contributed by atoms with Gasteiger partial charge in [0.15, 0.2) is 0 Å². The summed E-state index contributed by atoms with van der Waals surface area (Å²) in [6.07, 6.45) is 4.37. The Morgan fingerprint density at radius 3 is 2.88 bits per heavy atom. The number of amides is 1. The summed E-state index contributed by atoms with van der Waals surface area (Å²) in [5.74, 6) is 1.39. The Bertz CT molecular complexity index is 961. The van der Waals surface area contributed by atoms with Gasteiger partial charge in [-0.1, -0.05) is 0 Å². The van der Waals surface area contributed by atoms with Gasteiger partial charge in [-0.3, -0.25) is 4.79 Å². The van der Waals surface area contributed by atoms with Crippen LogP contribution in [0.3, 0.4) is 0 Å². The van der Waals surface area contributed by atoms with E-state index >= 15 is 0 Å². The molecule has 1 aliphatic rings. The quantitative estimate of drug-likeness (QED) is 0.744. The van der Waals surface area contributed by atoms with Crippen LogP contribution in [-0.4, -0.2) is 23.2 Å². The number of carbonyl (C=O) groups excluding carboxylic acids is 1. The van der Waals surface area contributed by atoms with Crippen LogP contribution in [0.15, 0.2) is 28.0 Å². The number of fused-ring (bicyclic) bond motifs is 1. The number of aryl methyl sites for hydroxylation is 2. The van der Waals surface area contributed by atoms with Gasteiger partial charge in [0.25, 0.3) is 5.91 Å². The molecule has 0 bridgehead atoms. The van der Waals surface area contributed by atoms with Crippen LogP contribution in [-0.2, 0) is 12.8 Å². The molecule has 1 N–H and O–H groups in total. The van der Waals surface area contributed by atoms with Crippen molar-refractivity contribution >= 4 is 22.9 Å². The zero-order valence-corrected chi connectivity index (χ0v) is 15.5. The van der Waals surface area contributed by atoms with Crippen molar-refractivity contribution in [2.45, 2.75) is 32.6 Å². The number of aromatic nitrogens is 2. The zero-order valence-electron chi connectivity index (χ0n) is 14.7. The molecule has 4 rings (SSSR count). The Labute approximate surface area is 155 Å². The molecule has 7 heteroatoms. The molecular formula is C19H19N3O3S. The van der Waals surface area contributed by atoms with E-state index in [9.17, 15) is 4.79 Å². The number of hydrogen-bond acceptors (Lipinski definition) is 6. The third kappa shape index (κ3) is 3.10. The molecule has 0 unspecified atom stereocenters.